The van der Waals surface area contributed by atoms with Gasteiger partial charge in [-0.2, -0.15) is 0 Å². The number of hydrogen-bond acceptors (Lipinski definition) is 4. The number of H-pyrrole nitrogens is 1. The first-order chi connectivity index (χ1) is 13.7. The molecule has 2 heterocycles. The van der Waals surface area contributed by atoms with Crippen LogP contribution >= 0.6 is 0 Å². The third-order valence-corrected chi connectivity index (χ3v) is 4.50. The number of benzene rings is 2. The number of aromatic carboxylic acids is 1. The van der Waals surface area contributed by atoms with Gasteiger partial charge in [0.1, 0.15) is 11.1 Å². The van der Waals surface area contributed by atoms with Crippen LogP contribution in [-0.2, 0) is 6.42 Å². The van der Waals surface area contributed by atoms with Crippen molar-refractivity contribution in [3.8, 4) is 11.5 Å². The Labute approximate surface area is 161 Å². The van der Waals surface area contributed by atoms with Gasteiger partial charge in [0.15, 0.2) is 11.5 Å². The lowest BCUT2D eigenvalue weighted by atomic mass is 10.0. The molecule has 4 rings (SSSR count). The average Bonchev–Trinajstić information content (AvgIpc) is 3.04. The molecule has 0 radical (unpaired) electrons. The first-order valence-electron chi connectivity index (χ1n) is 8.43. The van der Waals surface area contributed by atoms with Crippen LogP contribution in [0.5, 0.6) is 11.5 Å². The smallest absolute Gasteiger partial charge is 0.505 e. The maximum Gasteiger partial charge on any atom is 0.573 e. The highest BCUT2D eigenvalue weighted by Crippen LogP contribution is 2.37. The molecule has 3 N–H and O–H groups in total. The summed E-state index contributed by atoms with van der Waals surface area (Å²) in [7, 11) is 0. The molecule has 0 saturated heterocycles. The lowest BCUT2D eigenvalue weighted by Gasteiger charge is -2.14. The molecule has 0 amide bonds. The van der Waals surface area contributed by atoms with Crippen LogP contribution in [0.25, 0.3) is 21.8 Å². The number of aromatic hydroxyl groups is 1. The van der Waals surface area contributed by atoms with Crippen LogP contribution in [0, 0.1) is 0 Å². The molecule has 6 nitrogen and oxygen atoms in total. The van der Waals surface area contributed by atoms with Gasteiger partial charge in [0.25, 0.3) is 0 Å². The number of aromatic nitrogens is 2. The standard InChI is InChI=1S/C20H13F3N2O4/c21-20(22,23)29-15-7-3-5-12-16(19(27)28)18(26)14(25-17(12)15)8-10-9-24-13-6-2-1-4-11(10)13/h1-7,9,24,26H,8H2,(H,27,28). The molecule has 2 aromatic heterocycles. The summed E-state index contributed by atoms with van der Waals surface area (Å²) in [6.45, 7) is 0. The highest BCUT2D eigenvalue weighted by molar-refractivity contribution is 6.06. The topological polar surface area (TPSA) is 95.4 Å². The fourth-order valence-corrected chi connectivity index (χ4v) is 3.30. The number of aromatic amines is 1. The number of pyridine rings is 1. The number of ether oxygens (including phenoxy) is 1. The molecule has 0 bridgehead atoms. The summed E-state index contributed by atoms with van der Waals surface area (Å²) in [4.78, 5) is 18.9. The van der Waals surface area contributed by atoms with Gasteiger partial charge in [-0.1, -0.05) is 30.3 Å². The van der Waals surface area contributed by atoms with E-state index in [2.05, 4.69) is 14.7 Å². The second kappa shape index (κ2) is 6.69. The SMILES string of the molecule is O=C(O)c1c(O)c(Cc2c[nH]c3ccccc23)nc2c(OC(F)(F)F)cccc12. The molecule has 0 spiro atoms. The van der Waals surface area contributed by atoms with Crippen molar-refractivity contribution in [3.63, 3.8) is 0 Å². The fourth-order valence-electron chi connectivity index (χ4n) is 3.30. The summed E-state index contributed by atoms with van der Waals surface area (Å²) in [5.41, 5.74) is 0.626. The summed E-state index contributed by atoms with van der Waals surface area (Å²) >= 11 is 0. The summed E-state index contributed by atoms with van der Waals surface area (Å²) in [5, 5.41) is 20.8. The number of nitrogens with zero attached hydrogens (tertiary/aromatic N) is 1. The van der Waals surface area contributed by atoms with E-state index in [9.17, 15) is 28.2 Å². The Kier molecular flexibility index (Phi) is 4.30. The van der Waals surface area contributed by atoms with E-state index >= 15 is 0 Å². The zero-order chi connectivity index (χ0) is 20.8. The van der Waals surface area contributed by atoms with Crippen LogP contribution in [-0.4, -0.2) is 32.5 Å². The van der Waals surface area contributed by atoms with Gasteiger partial charge in [-0.15, -0.1) is 13.2 Å². The molecule has 0 aliphatic rings. The minimum Gasteiger partial charge on any atom is -0.505 e. The summed E-state index contributed by atoms with van der Waals surface area (Å²) in [5.74, 6) is -2.73. The molecule has 0 fully saturated rings. The van der Waals surface area contributed by atoms with E-state index in [0.717, 1.165) is 17.0 Å². The molecule has 0 atom stereocenters. The van der Waals surface area contributed by atoms with Gasteiger partial charge in [0.05, 0.1) is 5.69 Å². The zero-order valence-corrected chi connectivity index (χ0v) is 14.6. The fraction of sp³-hybridized carbons (Fsp3) is 0.100. The van der Waals surface area contributed by atoms with Gasteiger partial charge in [0.2, 0.25) is 0 Å². The van der Waals surface area contributed by atoms with Crippen LogP contribution in [0.4, 0.5) is 13.2 Å². The van der Waals surface area contributed by atoms with E-state index in [0.29, 0.717) is 5.56 Å². The Bertz CT molecular complexity index is 1250. The summed E-state index contributed by atoms with van der Waals surface area (Å²) in [6, 6.07) is 10.8. The zero-order valence-electron chi connectivity index (χ0n) is 14.6. The van der Waals surface area contributed by atoms with Crippen LogP contribution in [0.2, 0.25) is 0 Å². The van der Waals surface area contributed by atoms with Crippen LogP contribution in [0.3, 0.4) is 0 Å². The van der Waals surface area contributed by atoms with E-state index < -0.39 is 29.4 Å². The normalized spacial score (nSPS) is 11.8. The molecule has 29 heavy (non-hydrogen) atoms. The average molecular weight is 402 g/mol. The van der Waals surface area contributed by atoms with Gasteiger partial charge >= 0.3 is 12.3 Å². The van der Waals surface area contributed by atoms with Crippen LogP contribution in [0.1, 0.15) is 21.6 Å². The van der Waals surface area contributed by atoms with E-state index in [1.807, 2.05) is 24.3 Å². The number of fused-ring (bicyclic) bond motifs is 2. The molecule has 0 saturated carbocycles. The first kappa shape index (κ1) is 18.6. The number of para-hydroxylation sites is 2. The number of alkyl halides is 3. The van der Waals surface area contributed by atoms with Crippen molar-refractivity contribution in [1.29, 1.82) is 0 Å². The molecule has 9 heteroatoms. The second-order valence-electron chi connectivity index (χ2n) is 6.32. The monoisotopic (exact) mass is 402 g/mol. The Morgan fingerprint density at radius 1 is 1.10 bits per heavy atom. The van der Waals surface area contributed by atoms with Crippen LogP contribution in [0.15, 0.2) is 48.7 Å². The van der Waals surface area contributed by atoms with Crippen molar-refractivity contribution >= 4 is 27.8 Å². The highest BCUT2D eigenvalue weighted by atomic mass is 19.4. The molecular formula is C20H13F3N2O4. The predicted octanol–water partition coefficient (Wildman–Crippen LogP) is 4.61. The Morgan fingerprint density at radius 3 is 2.55 bits per heavy atom. The first-order valence-corrected chi connectivity index (χ1v) is 8.43. The highest BCUT2D eigenvalue weighted by Gasteiger charge is 2.33. The number of carbonyl (C=O) groups is 1. The van der Waals surface area contributed by atoms with Crippen LogP contribution < -0.4 is 4.74 Å². The molecule has 4 aromatic rings. The molecular weight excluding hydrogens is 389 g/mol. The summed E-state index contributed by atoms with van der Waals surface area (Å²) in [6.07, 6.45) is -3.30. The molecule has 0 aliphatic carbocycles. The third kappa shape index (κ3) is 3.42. The molecule has 0 aliphatic heterocycles. The number of nitrogens with one attached hydrogen (secondary N) is 1. The quantitative estimate of drug-likeness (QED) is 0.463. The van der Waals surface area contributed by atoms with Crippen molar-refractivity contribution < 1.29 is 32.9 Å². The lowest BCUT2D eigenvalue weighted by molar-refractivity contribution is -0.274. The predicted molar refractivity (Wildman–Crippen MR) is 98.2 cm³/mol. The minimum atomic E-state index is -4.98. The Morgan fingerprint density at radius 2 is 1.83 bits per heavy atom. The van der Waals surface area contributed by atoms with Gasteiger partial charge < -0.3 is 19.9 Å². The molecule has 2 aromatic carbocycles. The number of rotatable bonds is 4. The Balaban J connectivity index is 1.92. The molecule has 148 valence electrons. The van der Waals surface area contributed by atoms with Crippen molar-refractivity contribution in [2.45, 2.75) is 12.8 Å². The lowest BCUT2D eigenvalue weighted by Crippen LogP contribution is -2.17. The van der Waals surface area contributed by atoms with Crippen molar-refractivity contribution in [3.05, 3.63) is 65.5 Å². The number of carboxylic acids is 1. The van der Waals surface area contributed by atoms with Crippen molar-refractivity contribution in [2.75, 3.05) is 0 Å². The number of carboxylic acid groups (broad SMARTS) is 1. The van der Waals surface area contributed by atoms with Gasteiger partial charge in [-0.3, -0.25) is 0 Å². The van der Waals surface area contributed by atoms with Gasteiger partial charge in [-0.05, 0) is 17.7 Å². The largest absolute Gasteiger partial charge is 0.573 e. The number of hydrogen-bond donors (Lipinski definition) is 3. The third-order valence-electron chi connectivity index (χ3n) is 4.50. The van der Waals surface area contributed by atoms with Gasteiger partial charge in [-0.25, -0.2) is 9.78 Å². The van der Waals surface area contributed by atoms with E-state index in [1.165, 1.54) is 12.1 Å². The molecule has 0 unspecified atom stereocenters. The summed E-state index contributed by atoms with van der Waals surface area (Å²) < 4.78 is 42.3. The van der Waals surface area contributed by atoms with Crippen molar-refractivity contribution in [2.24, 2.45) is 0 Å². The maximum absolute atomic E-state index is 12.8. The van der Waals surface area contributed by atoms with E-state index in [1.54, 1.807) is 6.20 Å². The minimum absolute atomic E-state index is 0.00637. The number of halogens is 3. The van der Waals surface area contributed by atoms with E-state index in [-0.39, 0.29) is 23.0 Å². The second-order valence-corrected chi connectivity index (χ2v) is 6.32. The maximum atomic E-state index is 12.8. The van der Waals surface area contributed by atoms with E-state index in [4.69, 9.17) is 0 Å². The Hall–Kier alpha value is -3.75. The van der Waals surface area contributed by atoms with Crippen molar-refractivity contribution in [1.82, 2.24) is 9.97 Å². The van der Waals surface area contributed by atoms with Gasteiger partial charge in [0, 0.05) is 28.9 Å².